The number of hydrogen-bond acceptors (Lipinski definition) is 4. The van der Waals surface area contributed by atoms with E-state index < -0.39 is 23.0 Å². The summed E-state index contributed by atoms with van der Waals surface area (Å²) in [5, 5.41) is 6.75. The standard InChI is InChI=1S/C21H21FN4O3/c1-3-14(2)23-19(27)18-20(28)25(13-15-9-11-16(22)12-10-15)21(29)26(24-18)17-7-5-4-6-8-17/h4-12,14H,3,13H2,1-2H3,(H,23,27). The first-order valence-corrected chi connectivity index (χ1v) is 9.25. The van der Waals surface area contributed by atoms with E-state index in [1.54, 1.807) is 30.3 Å². The first-order valence-electron chi connectivity index (χ1n) is 9.25. The molecule has 0 fully saturated rings. The molecule has 1 heterocycles. The lowest BCUT2D eigenvalue weighted by Gasteiger charge is -2.14. The SMILES string of the molecule is CCC(C)NC(=O)c1nn(-c2ccccc2)c(=O)n(Cc2ccc(F)cc2)c1=O. The molecule has 1 aromatic heterocycles. The first-order chi connectivity index (χ1) is 13.9. The average molecular weight is 396 g/mol. The van der Waals surface area contributed by atoms with Crippen LogP contribution in [0, 0.1) is 5.82 Å². The van der Waals surface area contributed by atoms with Crippen molar-refractivity contribution in [2.75, 3.05) is 0 Å². The van der Waals surface area contributed by atoms with Crippen LogP contribution in [0.15, 0.2) is 64.2 Å². The summed E-state index contributed by atoms with van der Waals surface area (Å²) in [5.74, 6) is -1.08. The largest absolute Gasteiger partial charge is 0.352 e. The molecule has 0 aliphatic rings. The van der Waals surface area contributed by atoms with Gasteiger partial charge in [-0.05, 0) is 43.2 Å². The number of aromatic nitrogens is 3. The third-order valence-electron chi connectivity index (χ3n) is 4.52. The van der Waals surface area contributed by atoms with Crippen LogP contribution in [0.2, 0.25) is 0 Å². The highest BCUT2D eigenvalue weighted by Gasteiger charge is 2.21. The molecule has 0 aliphatic heterocycles. The molecule has 1 amide bonds. The van der Waals surface area contributed by atoms with Crippen molar-refractivity contribution in [3.05, 3.63) is 92.5 Å². The van der Waals surface area contributed by atoms with Crippen molar-refractivity contribution in [2.24, 2.45) is 0 Å². The smallest absolute Gasteiger partial charge is 0.348 e. The Morgan fingerprint density at radius 3 is 2.38 bits per heavy atom. The van der Waals surface area contributed by atoms with Crippen LogP contribution in [0.25, 0.3) is 5.69 Å². The molecule has 0 spiro atoms. The number of benzene rings is 2. The zero-order valence-corrected chi connectivity index (χ0v) is 16.1. The molecule has 150 valence electrons. The lowest BCUT2D eigenvalue weighted by molar-refractivity contribution is 0.0929. The van der Waals surface area contributed by atoms with E-state index in [1.165, 1.54) is 24.3 Å². The predicted molar refractivity (Wildman–Crippen MR) is 107 cm³/mol. The van der Waals surface area contributed by atoms with Gasteiger partial charge in [-0.25, -0.2) is 9.18 Å². The summed E-state index contributed by atoms with van der Waals surface area (Å²) in [5.41, 5.74) is -0.901. The van der Waals surface area contributed by atoms with Gasteiger partial charge in [0.25, 0.3) is 11.5 Å². The third kappa shape index (κ3) is 4.48. The minimum absolute atomic E-state index is 0.114. The number of para-hydroxylation sites is 1. The predicted octanol–water partition coefficient (Wildman–Crippen LogP) is 2.11. The van der Waals surface area contributed by atoms with Crippen molar-refractivity contribution in [2.45, 2.75) is 32.9 Å². The Balaban J connectivity index is 2.16. The van der Waals surface area contributed by atoms with Gasteiger partial charge in [-0.15, -0.1) is 0 Å². The molecule has 0 saturated carbocycles. The summed E-state index contributed by atoms with van der Waals surface area (Å²) in [7, 11) is 0. The van der Waals surface area contributed by atoms with E-state index in [4.69, 9.17) is 0 Å². The van der Waals surface area contributed by atoms with Gasteiger partial charge in [0.05, 0.1) is 12.2 Å². The van der Waals surface area contributed by atoms with E-state index in [1.807, 2.05) is 13.8 Å². The summed E-state index contributed by atoms with van der Waals surface area (Å²) in [4.78, 5) is 38.5. The van der Waals surface area contributed by atoms with Gasteiger partial charge in [0.2, 0.25) is 5.69 Å². The van der Waals surface area contributed by atoms with E-state index >= 15 is 0 Å². The molecule has 0 bridgehead atoms. The fourth-order valence-corrected chi connectivity index (χ4v) is 2.70. The van der Waals surface area contributed by atoms with E-state index in [9.17, 15) is 18.8 Å². The minimum Gasteiger partial charge on any atom is -0.348 e. The maximum atomic E-state index is 13.2. The molecular weight excluding hydrogens is 375 g/mol. The first kappa shape index (κ1) is 20.2. The maximum Gasteiger partial charge on any atom is 0.352 e. The zero-order valence-electron chi connectivity index (χ0n) is 16.1. The highest BCUT2D eigenvalue weighted by atomic mass is 19.1. The molecule has 8 heteroatoms. The number of nitrogens with one attached hydrogen (secondary N) is 1. The number of rotatable bonds is 6. The fraction of sp³-hybridized carbons (Fsp3) is 0.238. The summed E-state index contributed by atoms with van der Waals surface area (Å²) < 4.78 is 15.2. The Hall–Kier alpha value is -3.55. The van der Waals surface area contributed by atoms with Crippen LogP contribution in [0.5, 0.6) is 0 Å². The number of amides is 1. The van der Waals surface area contributed by atoms with Gasteiger partial charge in [0, 0.05) is 6.04 Å². The zero-order chi connectivity index (χ0) is 21.0. The third-order valence-corrected chi connectivity index (χ3v) is 4.52. The van der Waals surface area contributed by atoms with Gasteiger partial charge < -0.3 is 5.32 Å². The fourth-order valence-electron chi connectivity index (χ4n) is 2.70. The van der Waals surface area contributed by atoms with E-state index in [-0.39, 0.29) is 18.3 Å². The van der Waals surface area contributed by atoms with Crippen molar-refractivity contribution in [3.8, 4) is 5.69 Å². The van der Waals surface area contributed by atoms with Crippen molar-refractivity contribution in [1.82, 2.24) is 19.7 Å². The van der Waals surface area contributed by atoms with Crippen LogP contribution < -0.4 is 16.6 Å². The molecule has 0 radical (unpaired) electrons. The molecular formula is C21H21FN4O3. The minimum atomic E-state index is -0.799. The van der Waals surface area contributed by atoms with Crippen LogP contribution in [-0.2, 0) is 6.54 Å². The monoisotopic (exact) mass is 396 g/mol. The Morgan fingerprint density at radius 2 is 1.76 bits per heavy atom. The van der Waals surface area contributed by atoms with Gasteiger partial charge in [0.1, 0.15) is 5.82 Å². The highest BCUT2D eigenvalue weighted by molar-refractivity contribution is 5.91. The van der Waals surface area contributed by atoms with Gasteiger partial charge in [-0.1, -0.05) is 37.3 Å². The molecule has 0 aliphatic carbocycles. The van der Waals surface area contributed by atoms with Crippen LogP contribution >= 0.6 is 0 Å². The Labute approximate surface area is 166 Å². The molecule has 1 atom stereocenters. The van der Waals surface area contributed by atoms with Crippen LogP contribution in [-0.4, -0.2) is 26.3 Å². The van der Waals surface area contributed by atoms with Gasteiger partial charge >= 0.3 is 5.69 Å². The molecule has 7 nitrogen and oxygen atoms in total. The van der Waals surface area contributed by atoms with Crippen molar-refractivity contribution in [3.63, 3.8) is 0 Å². The van der Waals surface area contributed by atoms with Gasteiger partial charge in [-0.3, -0.25) is 14.2 Å². The summed E-state index contributed by atoms with van der Waals surface area (Å²) in [6.45, 7) is 3.59. The second-order valence-corrected chi connectivity index (χ2v) is 6.68. The van der Waals surface area contributed by atoms with Crippen molar-refractivity contribution in [1.29, 1.82) is 0 Å². The van der Waals surface area contributed by atoms with Gasteiger partial charge in [0.15, 0.2) is 0 Å². The van der Waals surface area contributed by atoms with Crippen LogP contribution in [0.1, 0.15) is 36.3 Å². The second-order valence-electron chi connectivity index (χ2n) is 6.68. The summed E-state index contributed by atoms with van der Waals surface area (Å²) in [6.07, 6.45) is 0.674. The Bertz CT molecular complexity index is 1120. The molecule has 0 saturated heterocycles. The molecule has 1 unspecified atom stereocenters. The van der Waals surface area contributed by atoms with E-state index in [0.717, 1.165) is 9.25 Å². The van der Waals surface area contributed by atoms with Crippen molar-refractivity contribution >= 4 is 5.91 Å². The number of halogens is 1. The average Bonchev–Trinajstić information content (AvgIpc) is 2.73. The number of carbonyl (C=O) groups is 1. The number of hydrogen-bond donors (Lipinski definition) is 1. The van der Waals surface area contributed by atoms with Crippen molar-refractivity contribution < 1.29 is 9.18 Å². The van der Waals surface area contributed by atoms with Crippen LogP contribution in [0.4, 0.5) is 4.39 Å². The quantitative estimate of drug-likeness (QED) is 0.692. The summed E-state index contributed by atoms with van der Waals surface area (Å²) >= 11 is 0. The molecule has 2 aromatic carbocycles. The Kier molecular flexibility index (Phi) is 6.01. The second kappa shape index (κ2) is 8.64. The number of carbonyl (C=O) groups excluding carboxylic acids is 1. The molecule has 3 aromatic rings. The normalized spacial score (nSPS) is 11.8. The molecule has 1 N–H and O–H groups in total. The lowest BCUT2D eigenvalue weighted by atomic mass is 10.2. The molecule has 3 rings (SSSR count). The topological polar surface area (TPSA) is 86.0 Å². The lowest BCUT2D eigenvalue weighted by Crippen LogP contribution is -2.47. The van der Waals surface area contributed by atoms with E-state index in [0.29, 0.717) is 17.7 Å². The highest BCUT2D eigenvalue weighted by Crippen LogP contribution is 2.05. The number of nitrogens with zero attached hydrogens (tertiary/aromatic N) is 3. The molecule has 29 heavy (non-hydrogen) atoms. The van der Waals surface area contributed by atoms with Gasteiger partial charge in [-0.2, -0.15) is 9.78 Å². The summed E-state index contributed by atoms with van der Waals surface area (Å²) in [6, 6.07) is 13.8. The Morgan fingerprint density at radius 1 is 1.10 bits per heavy atom. The van der Waals surface area contributed by atoms with Crippen LogP contribution in [0.3, 0.4) is 0 Å². The van der Waals surface area contributed by atoms with E-state index in [2.05, 4.69) is 10.4 Å². The maximum absolute atomic E-state index is 13.2.